The number of rotatable bonds is 5. The fourth-order valence-corrected chi connectivity index (χ4v) is 4.23. The summed E-state index contributed by atoms with van der Waals surface area (Å²) in [7, 11) is 0. The van der Waals surface area contributed by atoms with E-state index in [0.29, 0.717) is 11.3 Å². The molecule has 1 saturated heterocycles. The number of carboxylic acids is 1. The van der Waals surface area contributed by atoms with Gasteiger partial charge in [-0.05, 0) is 30.2 Å². The van der Waals surface area contributed by atoms with Crippen LogP contribution in [0.5, 0.6) is 0 Å². The van der Waals surface area contributed by atoms with Crippen LogP contribution in [0.4, 0.5) is 5.69 Å². The second-order valence-corrected chi connectivity index (χ2v) is 7.19. The standard InChI is InChI=1S/C16H15N3O7S/c1-7-6-27-15-10(14(22)18(15)11(7)16(23)24)17-13(21)12(20)8-2-4-9(5-3-8)19(25)26/h2-5,10,12,15,20H,6H2,1H3,(H,17,21)(H,23,24)/t10-,12+,15-/m1/s1. The number of fused-ring (bicyclic) bond motifs is 1. The molecule has 0 unspecified atom stereocenters. The maximum atomic E-state index is 12.3. The van der Waals surface area contributed by atoms with E-state index in [2.05, 4.69) is 5.32 Å². The highest BCUT2D eigenvalue weighted by atomic mass is 32.2. The van der Waals surface area contributed by atoms with Gasteiger partial charge in [0, 0.05) is 17.9 Å². The zero-order valence-electron chi connectivity index (χ0n) is 14.0. The van der Waals surface area contributed by atoms with Gasteiger partial charge >= 0.3 is 5.97 Å². The van der Waals surface area contributed by atoms with Crippen LogP contribution in [0.15, 0.2) is 35.5 Å². The molecular weight excluding hydrogens is 378 g/mol. The van der Waals surface area contributed by atoms with Crippen LogP contribution in [0, 0.1) is 10.1 Å². The number of carbonyl (C=O) groups excluding carboxylic acids is 2. The van der Waals surface area contributed by atoms with E-state index in [4.69, 9.17) is 0 Å². The minimum absolute atomic E-state index is 0.0785. The maximum Gasteiger partial charge on any atom is 0.352 e. The summed E-state index contributed by atoms with van der Waals surface area (Å²) >= 11 is 1.32. The zero-order chi connectivity index (χ0) is 19.9. The number of carbonyl (C=O) groups is 3. The summed E-state index contributed by atoms with van der Waals surface area (Å²) < 4.78 is 0. The predicted octanol–water partition coefficient (Wildman–Crippen LogP) is 0.387. The van der Waals surface area contributed by atoms with Crippen molar-refractivity contribution in [2.24, 2.45) is 0 Å². The fourth-order valence-electron chi connectivity index (χ4n) is 2.94. The van der Waals surface area contributed by atoms with Crippen molar-refractivity contribution in [3.05, 3.63) is 51.2 Å². The van der Waals surface area contributed by atoms with Gasteiger partial charge in [0.15, 0.2) is 6.10 Å². The quantitative estimate of drug-likeness (QED) is 0.369. The third-order valence-electron chi connectivity index (χ3n) is 4.33. The number of nitro benzene ring substituents is 1. The van der Waals surface area contributed by atoms with Gasteiger partial charge in [0.2, 0.25) is 0 Å². The van der Waals surface area contributed by atoms with E-state index in [-0.39, 0.29) is 16.9 Å². The van der Waals surface area contributed by atoms with Gasteiger partial charge in [-0.25, -0.2) is 4.79 Å². The first-order valence-electron chi connectivity index (χ1n) is 7.83. The van der Waals surface area contributed by atoms with E-state index in [1.165, 1.54) is 23.9 Å². The molecular formula is C16H15N3O7S. The van der Waals surface area contributed by atoms with Crippen molar-refractivity contribution >= 4 is 35.2 Å². The van der Waals surface area contributed by atoms with Gasteiger partial charge in [-0.3, -0.25) is 24.6 Å². The van der Waals surface area contributed by atoms with Crippen LogP contribution in [0.25, 0.3) is 0 Å². The molecule has 3 N–H and O–H groups in total. The summed E-state index contributed by atoms with van der Waals surface area (Å²) in [5.41, 5.74) is 0.441. The Morgan fingerprint density at radius 2 is 2.00 bits per heavy atom. The van der Waals surface area contributed by atoms with E-state index >= 15 is 0 Å². The van der Waals surface area contributed by atoms with E-state index in [9.17, 15) is 34.7 Å². The number of β-lactam (4-membered cyclic amide) rings is 1. The Hall–Kier alpha value is -2.92. The summed E-state index contributed by atoms with van der Waals surface area (Å²) in [6.45, 7) is 1.63. The lowest BCUT2D eigenvalue weighted by atomic mass is 10.0. The number of nitrogens with one attached hydrogen (secondary N) is 1. The fraction of sp³-hybridized carbons (Fsp3) is 0.312. The zero-order valence-corrected chi connectivity index (χ0v) is 14.8. The second kappa shape index (κ2) is 7.00. The number of aliphatic carboxylic acids is 1. The molecule has 0 aliphatic carbocycles. The molecule has 3 atom stereocenters. The normalized spacial score (nSPS) is 22.6. The molecule has 0 radical (unpaired) electrons. The van der Waals surface area contributed by atoms with Crippen LogP contribution in [0.1, 0.15) is 18.6 Å². The molecule has 2 heterocycles. The summed E-state index contributed by atoms with van der Waals surface area (Å²) in [6.07, 6.45) is -1.61. The average Bonchev–Trinajstić information content (AvgIpc) is 2.64. The molecule has 142 valence electrons. The van der Waals surface area contributed by atoms with Crippen LogP contribution < -0.4 is 5.32 Å². The number of amides is 2. The molecule has 0 spiro atoms. The Bertz CT molecular complexity index is 867. The lowest BCUT2D eigenvalue weighted by Crippen LogP contribution is -2.70. The van der Waals surface area contributed by atoms with Crippen molar-refractivity contribution in [1.82, 2.24) is 10.2 Å². The first kappa shape index (κ1) is 18.9. The number of carboxylic acid groups (broad SMARTS) is 1. The highest BCUT2D eigenvalue weighted by molar-refractivity contribution is 8.00. The van der Waals surface area contributed by atoms with Gasteiger partial charge in [0.1, 0.15) is 17.1 Å². The largest absolute Gasteiger partial charge is 0.477 e. The maximum absolute atomic E-state index is 12.3. The monoisotopic (exact) mass is 393 g/mol. The third-order valence-corrected chi connectivity index (χ3v) is 5.75. The van der Waals surface area contributed by atoms with Gasteiger partial charge < -0.3 is 15.5 Å². The SMILES string of the molecule is CC1=C(C(=O)O)N2C(=O)[C@@H](NC(=O)[C@@H](O)c3ccc([N+](=O)[O-])cc3)[C@H]2SC1. The Kier molecular flexibility index (Phi) is 4.89. The van der Waals surface area contributed by atoms with Gasteiger partial charge in [0.05, 0.1) is 4.92 Å². The van der Waals surface area contributed by atoms with Gasteiger partial charge in [0.25, 0.3) is 17.5 Å². The summed E-state index contributed by atoms with van der Waals surface area (Å²) in [4.78, 5) is 47.1. The highest BCUT2D eigenvalue weighted by Gasteiger charge is 2.54. The molecule has 0 saturated carbocycles. The molecule has 1 fully saturated rings. The Balaban J connectivity index is 1.69. The average molecular weight is 393 g/mol. The van der Waals surface area contributed by atoms with Crippen molar-refractivity contribution < 1.29 is 29.5 Å². The molecule has 0 aromatic heterocycles. The van der Waals surface area contributed by atoms with Crippen LogP contribution in [-0.2, 0) is 14.4 Å². The van der Waals surface area contributed by atoms with Gasteiger partial charge in [-0.15, -0.1) is 11.8 Å². The van der Waals surface area contributed by atoms with Crippen LogP contribution >= 0.6 is 11.8 Å². The third kappa shape index (κ3) is 3.26. The number of non-ortho nitro benzene ring substituents is 1. The number of thioether (sulfide) groups is 1. The molecule has 1 aromatic carbocycles. The van der Waals surface area contributed by atoms with Crippen LogP contribution in [-0.4, -0.2) is 55.0 Å². The molecule has 3 rings (SSSR count). The number of aliphatic hydroxyl groups excluding tert-OH is 1. The number of nitro groups is 1. The van der Waals surface area contributed by atoms with Crippen LogP contribution in [0.3, 0.4) is 0 Å². The number of aliphatic hydroxyl groups is 1. The molecule has 2 aliphatic heterocycles. The van der Waals surface area contributed by atoms with Gasteiger partial charge in [-0.1, -0.05) is 0 Å². The second-order valence-electron chi connectivity index (χ2n) is 6.08. The number of nitrogens with zero attached hydrogens (tertiary/aromatic N) is 2. The lowest BCUT2D eigenvalue weighted by Gasteiger charge is -2.49. The first-order chi connectivity index (χ1) is 12.7. The van der Waals surface area contributed by atoms with Crippen molar-refractivity contribution in [2.45, 2.75) is 24.4 Å². The topological polar surface area (TPSA) is 150 Å². The number of hydrogen-bond acceptors (Lipinski definition) is 7. The Labute approximate surface area is 157 Å². The molecule has 2 amide bonds. The molecule has 1 aromatic rings. The van der Waals surface area contributed by atoms with E-state index in [0.717, 1.165) is 17.0 Å². The molecule has 11 heteroatoms. The van der Waals surface area contributed by atoms with E-state index in [1.807, 2.05) is 0 Å². The van der Waals surface area contributed by atoms with Crippen molar-refractivity contribution in [2.75, 3.05) is 5.75 Å². The van der Waals surface area contributed by atoms with E-state index < -0.39 is 40.2 Å². The van der Waals surface area contributed by atoms with Crippen molar-refractivity contribution in [1.29, 1.82) is 0 Å². The van der Waals surface area contributed by atoms with Crippen LogP contribution in [0.2, 0.25) is 0 Å². The summed E-state index contributed by atoms with van der Waals surface area (Å²) in [5, 5.41) is 31.9. The first-order valence-corrected chi connectivity index (χ1v) is 8.87. The smallest absolute Gasteiger partial charge is 0.352 e. The predicted molar refractivity (Wildman–Crippen MR) is 93.4 cm³/mol. The van der Waals surface area contributed by atoms with Gasteiger partial charge in [-0.2, -0.15) is 0 Å². The molecule has 2 aliphatic rings. The minimum atomic E-state index is -1.61. The summed E-state index contributed by atoms with van der Waals surface area (Å²) in [6, 6.07) is 3.87. The van der Waals surface area contributed by atoms with Crippen molar-refractivity contribution in [3.8, 4) is 0 Å². The molecule has 27 heavy (non-hydrogen) atoms. The molecule has 0 bridgehead atoms. The highest BCUT2D eigenvalue weighted by Crippen LogP contribution is 2.40. The Morgan fingerprint density at radius 3 is 2.56 bits per heavy atom. The Morgan fingerprint density at radius 1 is 1.37 bits per heavy atom. The van der Waals surface area contributed by atoms with Crippen molar-refractivity contribution in [3.63, 3.8) is 0 Å². The minimum Gasteiger partial charge on any atom is -0.477 e. The summed E-state index contributed by atoms with van der Waals surface area (Å²) in [5.74, 6) is -2.20. The lowest BCUT2D eigenvalue weighted by molar-refractivity contribution is -0.384. The number of hydrogen-bond donors (Lipinski definition) is 3. The number of benzene rings is 1. The molecule has 10 nitrogen and oxygen atoms in total. The van der Waals surface area contributed by atoms with E-state index in [1.54, 1.807) is 6.92 Å².